The Labute approximate surface area is 108 Å². The Balaban J connectivity index is 2.59. The first kappa shape index (κ1) is 14.5. The molecule has 1 unspecified atom stereocenters. The maximum absolute atomic E-state index is 11.9. The molecule has 1 rings (SSSR count). The Morgan fingerprint density at radius 3 is 2.72 bits per heavy atom. The van der Waals surface area contributed by atoms with E-state index in [4.69, 9.17) is 10.00 Å². The first-order valence-electron chi connectivity index (χ1n) is 6.21. The fourth-order valence-electron chi connectivity index (χ4n) is 1.87. The van der Waals surface area contributed by atoms with E-state index in [0.29, 0.717) is 25.9 Å². The highest BCUT2D eigenvalue weighted by Gasteiger charge is 2.28. The van der Waals surface area contributed by atoms with Crippen molar-refractivity contribution in [1.29, 1.82) is 5.26 Å². The number of carbonyl (C=O) groups is 2. The quantitative estimate of drug-likeness (QED) is 0.716. The van der Waals surface area contributed by atoms with Crippen LogP contribution < -0.4 is 0 Å². The fraction of sp³-hybridized carbons (Fsp3) is 0.769. The molecule has 0 N–H and O–H groups in total. The van der Waals surface area contributed by atoms with Crippen LogP contribution in [0, 0.1) is 17.2 Å². The number of ketones is 1. The first-order chi connectivity index (χ1) is 8.33. The number of hydrogen-bond donors (Lipinski definition) is 0. The third-order valence-electron chi connectivity index (χ3n) is 2.82. The lowest BCUT2D eigenvalue weighted by molar-refractivity contribution is -0.122. The van der Waals surface area contributed by atoms with Crippen LogP contribution in [0.1, 0.15) is 40.0 Å². The SMILES string of the molecule is CC(C)(C)OC(=O)N1CCC(=O)C(CC#N)CC1. The Hall–Kier alpha value is -1.57. The molecule has 0 aromatic rings. The van der Waals surface area contributed by atoms with Crippen molar-refractivity contribution < 1.29 is 14.3 Å². The van der Waals surface area contributed by atoms with Crippen LogP contribution in [0.25, 0.3) is 0 Å². The van der Waals surface area contributed by atoms with Gasteiger partial charge in [0.05, 0.1) is 6.07 Å². The van der Waals surface area contributed by atoms with Crippen LogP contribution in [-0.2, 0) is 9.53 Å². The molecular formula is C13H20N2O3. The standard InChI is InChI=1S/C13H20N2O3/c1-13(2,3)18-12(17)15-8-5-10(4-7-14)11(16)6-9-15/h10H,4-6,8-9H2,1-3H3. The Kier molecular flexibility index (Phi) is 4.71. The normalized spacial score (nSPS) is 21.1. The number of nitriles is 1. The molecule has 0 saturated carbocycles. The molecule has 0 radical (unpaired) electrons. The van der Waals surface area contributed by atoms with Gasteiger partial charge < -0.3 is 9.64 Å². The molecule has 1 aliphatic heterocycles. The number of likely N-dealkylation sites (tertiary alicyclic amines) is 1. The van der Waals surface area contributed by atoms with E-state index in [0.717, 1.165) is 0 Å². The van der Waals surface area contributed by atoms with E-state index in [2.05, 4.69) is 0 Å². The van der Waals surface area contributed by atoms with Gasteiger partial charge in [-0.2, -0.15) is 5.26 Å². The van der Waals surface area contributed by atoms with Crippen molar-refractivity contribution in [3.05, 3.63) is 0 Å². The summed E-state index contributed by atoms with van der Waals surface area (Å²) < 4.78 is 5.27. The van der Waals surface area contributed by atoms with Gasteiger partial charge in [0, 0.05) is 31.8 Å². The summed E-state index contributed by atoms with van der Waals surface area (Å²) in [7, 11) is 0. The summed E-state index contributed by atoms with van der Waals surface area (Å²) in [6.45, 7) is 6.30. The molecule has 1 fully saturated rings. The highest BCUT2D eigenvalue weighted by atomic mass is 16.6. The van der Waals surface area contributed by atoms with Crippen molar-refractivity contribution in [2.45, 2.75) is 45.6 Å². The number of hydrogen-bond acceptors (Lipinski definition) is 4. The van der Waals surface area contributed by atoms with Crippen LogP contribution in [-0.4, -0.2) is 35.5 Å². The van der Waals surface area contributed by atoms with Gasteiger partial charge in [0.15, 0.2) is 0 Å². The molecule has 1 amide bonds. The zero-order valence-corrected chi connectivity index (χ0v) is 11.2. The molecule has 0 spiro atoms. The van der Waals surface area contributed by atoms with Crippen LogP contribution in [0.5, 0.6) is 0 Å². The van der Waals surface area contributed by atoms with E-state index in [-0.39, 0.29) is 24.2 Å². The van der Waals surface area contributed by atoms with Crippen molar-refractivity contribution >= 4 is 11.9 Å². The average Bonchev–Trinajstić information content (AvgIpc) is 2.40. The lowest BCUT2D eigenvalue weighted by Gasteiger charge is -2.26. The van der Waals surface area contributed by atoms with Crippen LogP contribution >= 0.6 is 0 Å². The molecule has 0 aromatic heterocycles. The summed E-state index contributed by atoms with van der Waals surface area (Å²) in [5, 5.41) is 8.65. The summed E-state index contributed by atoms with van der Waals surface area (Å²) in [5.41, 5.74) is -0.528. The van der Waals surface area contributed by atoms with Crippen molar-refractivity contribution in [2.24, 2.45) is 5.92 Å². The van der Waals surface area contributed by atoms with Gasteiger partial charge in [-0.1, -0.05) is 0 Å². The highest BCUT2D eigenvalue weighted by molar-refractivity contribution is 5.82. The maximum Gasteiger partial charge on any atom is 0.410 e. The second-order valence-corrected chi connectivity index (χ2v) is 5.53. The molecule has 18 heavy (non-hydrogen) atoms. The van der Waals surface area contributed by atoms with E-state index in [1.165, 1.54) is 0 Å². The van der Waals surface area contributed by atoms with Crippen molar-refractivity contribution in [1.82, 2.24) is 4.90 Å². The van der Waals surface area contributed by atoms with Crippen molar-refractivity contribution in [2.75, 3.05) is 13.1 Å². The number of Topliss-reactive ketones (excluding diaryl/α,β-unsaturated/α-hetero) is 1. The number of amides is 1. The third kappa shape index (κ3) is 4.36. The van der Waals surface area contributed by atoms with E-state index in [9.17, 15) is 9.59 Å². The molecule has 0 aromatic carbocycles. The Bertz CT molecular complexity index is 365. The van der Waals surface area contributed by atoms with E-state index in [1.807, 2.05) is 26.8 Å². The number of rotatable bonds is 1. The summed E-state index contributed by atoms with van der Waals surface area (Å²) in [5.74, 6) is -0.162. The molecule has 100 valence electrons. The van der Waals surface area contributed by atoms with Crippen LogP contribution in [0.4, 0.5) is 4.79 Å². The van der Waals surface area contributed by atoms with E-state index in [1.54, 1.807) is 4.90 Å². The predicted molar refractivity (Wildman–Crippen MR) is 65.8 cm³/mol. The maximum atomic E-state index is 11.9. The van der Waals surface area contributed by atoms with Gasteiger partial charge in [0.2, 0.25) is 0 Å². The monoisotopic (exact) mass is 252 g/mol. The van der Waals surface area contributed by atoms with E-state index >= 15 is 0 Å². The second kappa shape index (κ2) is 5.85. The lowest BCUT2D eigenvalue weighted by atomic mass is 9.96. The minimum Gasteiger partial charge on any atom is -0.444 e. The molecule has 0 bridgehead atoms. The summed E-state index contributed by atoms with van der Waals surface area (Å²) in [4.78, 5) is 25.1. The number of nitrogens with zero attached hydrogens (tertiary/aromatic N) is 2. The minimum absolute atomic E-state index is 0.0719. The van der Waals surface area contributed by atoms with Crippen molar-refractivity contribution in [3.63, 3.8) is 0 Å². The summed E-state index contributed by atoms with van der Waals surface area (Å²) in [6.07, 6.45) is 0.714. The van der Waals surface area contributed by atoms with Crippen LogP contribution in [0.2, 0.25) is 0 Å². The largest absolute Gasteiger partial charge is 0.444 e. The smallest absolute Gasteiger partial charge is 0.410 e. The molecule has 1 heterocycles. The molecule has 5 nitrogen and oxygen atoms in total. The van der Waals surface area contributed by atoms with Gasteiger partial charge in [0.25, 0.3) is 0 Å². The molecule has 5 heteroatoms. The van der Waals surface area contributed by atoms with Gasteiger partial charge >= 0.3 is 6.09 Å². The fourth-order valence-corrected chi connectivity index (χ4v) is 1.87. The van der Waals surface area contributed by atoms with Gasteiger partial charge in [-0.3, -0.25) is 4.79 Å². The topological polar surface area (TPSA) is 70.4 Å². The molecule has 1 atom stereocenters. The van der Waals surface area contributed by atoms with Gasteiger partial charge in [-0.15, -0.1) is 0 Å². The summed E-state index contributed by atoms with van der Waals surface area (Å²) in [6, 6.07) is 2.02. The van der Waals surface area contributed by atoms with E-state index < -0.39 is 5.60 Å². The minimum atomic E-state index is -0.528. The zero-order chi connectivity index (χ0) is 13.8. The van der Waals surface area contributed by atoms with Gasteiger partial charge in [-0.05, 0) is 27.2 Å². The number of carbonyl (C=O) groups excluding carboxylic acids is 2. The average molecular weight is 252 g/mol. The number of ether oxygens (including phenoxy) is 1. The van der Waals surface area contributed by atoms with Crippen LogP contribution in [0.3, 0.4) is 0 Å². The Morgan fingerprint density at radius 2 is 2.17 bits per heavy atom. The Morgan fingerprint density at radius 1 is 1.50 bits per heavy atom. The predicted octanol–water partition coefficient (Wildman–Crippen LogP) is 2.12. The molecular weight excluding hydrogens is 232 g/mol. The van der Waals surface area contributed by atoms with Crippen LogP contribution in [0.15, 0.2) is 0 Å². The highest BCUT2D eigenvalue weighted by Crippen LogP contribution is 2.19. The zero-order valence-electron chi connectivity index (χ0n) is 11.2. The molecule has 1 aliphatic rings. The van der Waals surface area contributed by atoms with Gasteiger partial charge in [0.1, 0.15) is 11.4 Å². The molecule has 0 aliphatic carbocycles. The second-order valence-electron chi connectivity index (χ2n) is 5.53. The molecule has 1 saturated heterocycles. The third-order valence-corrected chi connectivity index (χ3v) is 2.82. The first-order valence-corrected chi connectivity index (χ1v) is 6.21. The van der Waals surface area contributed by atoms with Gasteiger partial charge in [-0.25, -0.2) is 4.79 Å². The van der Waals surface area contributed by atoms with Crippen molar-refractivity contribution in [3.8, 4) is 6.07 Å². The summed E-state index contributed by atoms with van der Waals surface area (Å²) >= 11 is 0. The lowest BCUT2D eigenvalue weighted by Crippen LogP contribution is -2.37.